The van der Waals surface area contributed by atoms with E-state index < -0.39 is 17.9 Å². The number of hydrogen-bond acceptors (Lipinski definition) is 4. The molecule has 7 heteroatoms. The number of primary amides is 1. The Morgan fingerprint density at radius 2 is 1.80 bits per heavy atom. The highest BCUT2D eigenvalue weighted by Crippen LogP contribution is 1.78. The lowest BCUT2D eigenvalue weighted by Crippen LogP contribution is -2.36. The second kappa shape index (κ2) is 7.36. The molecule has 0 aliphatic heterocycles. The van der Waals surface area contributed by atoms with E-state index in [4.69, 9.17) is 5.73 Å². The van der Waals surface area contributed by atoms with Crippen molar-refractivity contribution in [2.75, 3.05) is 20.2 Å². The Balaban J connectivity index is 3.62. The van der Waals surface area contributed by atoms with Gasteiger partial charge in [-0.05, 0) is 0 Å². The minimum atomic E-state index is -0.658. The first kappa shape index (κ1) is 12.9. The Hall–Kier alpha value is -2.05. The zero-order valence-electron chi connectivity index (χ0n) is 8.28. The Morgan fingerprint density at radius 1 is 1.20 bits per heavy atom. The summed E-state index contributed by atoms with van der Waals surface area (Å²) < 4.78 is 4.28. The molecule has 0 saturated carbocycles. The summed E-state index contributed by atoms with van der Waals surface area (Å²) >= 11 is 0. The average Bonchev–Trinajstić information content (AvgIpc) is 2.20. The van der Waals surface area contributed by atoms with Gasteiger partial charge in [-0.3, -0.25) is 4.79 Å². The summed E-state index contributed by atoms with van der Waals surface area (Å²) in [5.74, 6) is -1.06. The molecule has 0 heterocycles. The van der Waals surface area contributed by atoms with Crippen molar-refractivity contribution in [3.8, 4) is 0 Å². The van der Waals surface area contributed by atoms with Gasteiger partial charge < -0.3 is 21.1 Å². The van der Waals surface area contributed by atoms with Crippen LogP contribution in [0, 0.1) is 0 Å². The largest absolute Gasteiger partial charge is 0.466 e. The van der Waals surface area contributed by atoms with Gasteiger partial charge in [0.25, 0.3) is 0 Å². The number of carbonyl (C=O) groups excluding carboxylic acids is 3. The number of ether oxygens (including phenoxy) is 1. The van der Waals surface area contributed by atoms with Crippen molar-refractivity contribution in [3.63, 3.8) is 0 Å². The maximum atomic E-state index is 11.0. The number of nitrogens with two attached hydrogens (primary N) is 1. The third-order valence-electron chi connectivity index (χ3n) is 1.30. The summed E-state index contributed by atoms with van der Waals surface area (Å²) in [6.07, 6.45) is 2.03. The van der Waals surface area contributed by atoms with Crippen LogP contribution in [-0.4, -0.2) is 38.1 Å². The molecule has 0 radical (unpaired) electrons. The lowest BCUT2D eigenvalue weighted by Gasteiger charge is -2.01. The van der Waals surface area contributed by atoms with Gasteiger partial charge in [0.2, 0.25) is 5.91 Å². The van der Waals surface area contributed by atoms with E-state index in [1.807, 2.05) is 0 Å². The van der Waals surface area contributed by atoms with Crippen LogP contribution in [0.25, 0.3) is 0 Å². The number of amides is 3. The van der Waals surface area contributed by atoms with Gasteiger partial charge in [0, 0.05) is 25.2 Å². The third-order valence-corrected chi connectivity index (χ3v) is 1.30. The molecule has 0 aromatic heterocycles. The lowest BCUT2D eigenvalue weighted by molar-refractivity contribution is -0.135. The molecule has 4 N–H and O–H groups in total. The highest BCUT2D eigenvalue weighted by atomic mass is 16.5. The molecular weight excluding hydrogens is 202 g/mol. The Kier molecular flexibility index (Phi) is 6.36. The standard InChI is InChI=1S/C8H13N3O4/c1-15-7(13)3-2-6(12)10-4-5-11-8(9)14/h2-3H,4-5H2,1H3,(H,10,12)(H3,9,11,14)/b3-2-. The molecule has 15 heavy (non-hydrogen) atoms. The number of esters is 1. The molecule has 84 valence electrons. The summed E-state index contributed by atoms with van der Waals surface area (Å²) in [7, 11) is 1.21. The highest BCUT2D eigenvalue weighted by molar-refractivity contribution is 5.94. The molecule has 0 fully saturated rings. The average molecular weight is 215 g/mol. The molecular formula is C8H13N3O4. The monoisotopic (exact) mass is 215 g/mol. The fourth-order valence-corrected chi connectivity index (χ4v) is 0.642. The smallest absolute Gasteiger partial charge is 0.330 e. The van der Waals surface area contributed by atoms with Crippen LogP contribution in [0.2, 0.25) is 0 Å². The van der Waals surface area contributed by atoms with Gasteiger partial charge in [0.15, 0.2) is 0 Å². The molecule has 0 unspecified atom stereocenters. The van der Waals surface area contributed by atoms with E-state index >= 15 is 0 Å². The molecule has 0 aromatic rings. The minimum absolute atomic E-state index is 0.229. The van der Waals surface area contributed by atoms with Crippen LogP contribution in [0.3, 0.4) is 0 Å². The van der Waals surface area contributed by atoms with E-state index in [1.165, 1.54) is 7.11 Å². The molecule has 0 rings (SSSR count). The zero-order valence-corrected chi connectivity index (χ0v) is 8.28. The van der Waals surface area contributed by atoms with E-state index in [0.717, 1.165) is 12.2 Å². The summed E-state index contributed by atoms with van der Waals surface area (Å²) in [4.78, 5) is 31.8. The lowest BCUT2D eigenvalue weighted by atomic mass is 10.4. The molecule has 0 aliphatic rings. The first-order chi connectivity index (χ1) is 7.06. The van der Waals surface area contributed by atoms with Crippen molar-refractivity contribution in [1.29, 1.82) is 0 Å². The summed E-state index contributed by atoms with van der Waals surface area (Å²) in [5.41, 5.74) is 4.79. The molecule has 7 nitrogen and oxygen atoms in total. The van der Waals surface area contributed by atoms with Crippen LogP contribution < -0.4 is 16.4 Å². The summed E-state index contributed by atoms with van der Waals surface area (Å²) in [5, 5.41) is 4.70. The van der Waals surface area contributed by atoms with Gasteiger partial charge in [-0.15, -0.1) is 0 Å². The van der Waals surface area contributed by atoms with E-state index in [1.54, 1.807) is 0 Å². The normalized spacial score (nSPS) is 9.67. The molecule has 3 amide bonds. The third kappa shape index (κ3) is 8.28. The highest BCUT2D eigenvalue weighted by Gasteiger charge is 1.97. The van der Waals surface area contributed by atoms with Gasteiger partial charge in [0.1, 0.15) is 0 Å². The van der Waals surface area contributed by atoms with E-state index in [2.05, 4.69) is 15.4 Å². The topological polar surface area (TPSA) is 111 Å². The quantitative estimate of drug-likeness (QED) is 0.294. The first-order valence-corrected chi connectivity index (χ1v) is 4.13. The number of urea groups is 1. The molecule has 0 bridgehead atoms. The van der Waals surface area contributed by atoms with Crippen LogP contribution in [0.1, 0.15) is 0 Å². The van der Waals surface area contributed by atoms with Crippen molar-refractivity contribution in [3.05, 3.63) is 12.2 Å². The van der Waals surface area contributed by atoms with Crippen LogP contribution >= 0.6 is 0 Å². The molecule has 0 atom stereocenters. The van der Waals surface area contributed by atoms with Gasteiger partial charge in [0.05, 0.1) is 7.11 Å². The SMILES string of the molecule is COC(=O)/C=C\C(=O)NCCNC(N)=O. The van der Waals surface area contributed by atoms with E-state index in [0.29, 0.717) is 0 Å². The van der Waals surface area contributed by atoms with Gasteiger partial charge >= 0.3 is 12.0 Å². The molecule has 0 saturated heterocycles. The second-order valence-corrected chi connectivity index (χ2v) is 2.44. The maximum absolute atomic E-state index is 11.0. The van der Waals surface area contributed by atoms with Gasteiger partial charge in [-0.1, -0.05) is 0 Å². The van der Waals surface area contributed by atoms with Crippen molar-refractivity contribution < 1.29 is 19.1 Å². The van der Waals surface area contributed by atoms with Crippen LogP contribution in [0.4, 0.5) is 4.79 Å². The summed E-state index contributed by atoms with van der Waals surface area (Å²) in [6.45, 7) is 0.459. The van der Waals surface area contributed by atoms with Crippen LogP contribution in [0.5, 0.6) is 0 Å². The van der Waals surface area contributed by atoms with Crippen LogP contribution in [0.15, 0.2) is 12.2 Å². The fourth-order valence-electron chi connectivity index (χ4n) is 0.642. The predicted molar refractivity (Wildman–Crippen MR) is 51.8 cm³/mol. The Bertz CT molecular complexity index is 275. The Labute approximate surface area is 86.6 Å². The van der Waals surface area contributed by atoms with Gasteiger partial charge in [-0.25, -0.2) is 9.59 Å². The molecule has 0 aromatic carbocycles. The number of nitrogens with one attached hydrogen (secondary N) is 2. The molecule has 0 aliphatic carbocycles. The molecule has 0 spiro atoms. The first-order valence-electron chi connectivity index (χ1n) is 4.13. The predicted octanol–water partition coefficient (Wildman–Crippen LogP) is -1.50. The van der Waals surface area contributed by atoms with Crippen molar-refractivity contribution in [2.24, 2.45) is 5.73 Å². The van der Waals surface area contributed by atoms with Crippen molar-refractivity contribution in [2.45, 2.75) is 0 Å². The Morgan fingerprint density at radius 3 is 2.33 bits per heavy atom. The number of hydrogen-bond donors (Lipinski definition) is 3. The van der Waals surface area contributed by atoms with E-state index in [9.17, 15) is 14.4 Å². The number of methoxy groups -OCH3 is 1. The fraction of sp³-hybridized carbons (Fsp3) is 0.375. The van der Waals surface area contributed by atoms with E-state index in [-0.39, 0.29) is 13.1 Å². The number of rotatable bonds is 5. The number of carbonyl (C=O) groups is 3. The van der Waals surface area contributed by atoms with Crippen molar-refractivity contribution >= 4 is 17.9 Å². The summed E-state index contributed by atoms with van der Waals surface area (Å²) in [6, 6.07) is -0.658. The van der Waals surface area contributed by atoms with Crippen LogP contribution in [-0.2, 0) is 14.3 Å². The zero-order chi connectivity index (χ0) is 11.7. The second-order valence-electron chi connectivity index (χ2n) is 2.44. The van der Waals surface area contributed by atoms with Crippen molar-refractivity contribution in [1.82, 2.24) is 10.6 Å². The minimum Gasteiger partial charge on any atom is -0.466 e. The maximum Gasteiger partial charge on any atom is 0.330 e. The van der Waals surface area contributed by atoms with Gasteiger partial charge in [-0.2, -0.15) is 0 Å².